The van der Waals surface area contributed by atoms with Crippen LogP contribution in [0.5, 0.6) is 0 Å². The third-order valence-corrected chi connectivity index (χ3v) is 4.37. The lowest BCUT2D eigenvalue weighted by atomic mass is 9.85. The first-order chi connectivity index (χ1) is 9.48. The van der Waals surface area contributed by atoms with E-state index in [-0.39, 0.29) is 0 Å². The Labute approximate surface area is 124 Å². The molecule has 1 heterocycles. The van der Waals surface area contributed by atoms with Gasteiger partial charge in [0, 0.05) is 31.4 Å². The molecule has 2 heteroatoms. The number of nitrogens with one attached hydrogen (secondary N) is 1. The van der Waals surface area contributed by atoms with Gasteiger partial charge in [-0.1, -0.05) is 45.9 Å². The van der Waals surface area contributed by atoms with Crippen LogP contribution in [0.25, 0.3) is 0 Å². The Balaban J connectivity index is 2.11. The van der Waals surface area contributed by atoms with E-state index in [1.165, 1.54) is 43.6 Å². The molecular formula is C18H30N2. The summed E-state index contributed by atoms with van der Waals surface area (Å²) in [5.41, 5.74) is 3.36. The number of nitrogens with zero attached hydrogens (tertiary/aromatic N) is 1. The van der Waals surface area contributed by atoms with Crippen LogP contribution in [0.2, 0.25) is 0 Å². The Hall–Kier alpha value is -1.02. The van der Waals surface area contributed by atoms with Crippen LogP contribution in [-0.2, 0) is 6.54 Å². The molecule has 112 valence electrons. The molecular weight excluding hydrogens is 244 g/mol. The van der Waals surface area contributed by atoms with E-state index in [9.17, 15) is 0 Å². The summed E-state index contributed by atoms with van der Waals surface area (Å²) in [7, 11) is 0. The van der Waals surface area contributed by atoms with Crippen molar-refractivity contribution in [2.24, 2.45) is 5.41 Å². The third-order valence-electron chi connectivity index (χ3n) is 4.37. The molecule has 1 aromatic carbocycles. The summed E-state index contributed by atoms with van der Waals surface area (Å²) in [6.45, 7) is 12.6. The molecule has 0 radical (unpaired) electrons. The Kier molecular flexibility index (Phi) is 5.09. The van der Waals surface area contributed by atoms with Gasteiger partial charge in [-0.05, 0) is 36.3 Å². The maximum Gasteiger partial charge on any atom is 0.0411 e. The summed E-state index contributed by atoms with van der Waals surface area (Å²) in [6, 6.07) is 9.41. The molecule has 0 aliphatic carbocycles. The summed E-state index contributed by atoms with van der Waals surface area (Å²) >= 11 is 0. The van der Waals surface area contributed by atoms with Crippen molar-refractivity contribution in [1.29, 1.82) is 0 Å². The molecule has 0 bridgehead atoms. The monoisotopic (exact) mass is 274 g/mol. The normalized spacial score (nSPS) is 19.1. The van der Waals surface area contributed by atoms with Crippen molar-refractivity contribution in [3.05, 3.63) is 29.8 Å². The number of para-hydroxylation sites is 1. The van der Waals surface area contributed by atoms with Crippen LogP contribution in [0, 0.1) is 5.41 Å². The molecule has 1 N–H and O–H groups in total. The Morgan fingerprint density at radius 2 is 1.90 bits per heavy atom. The molecule has 0 aromatic heterocycles. The maximum atomic E-state index is 3.55. The predicted octanol–water partition coefficient (Wildman–Crippen LogP) is 4.20. The standard InChI is InChI=1S/C18H30N2/c1-15(2)19-14-16-8-5-6-9-17(16)20-12-7-10-18(3,4)11-13-20/h5-6,8-9,15,19H,7,10-14H2,1-4H3. The average Bonchev–Trinajstić information content (AvgIpc) is 2.58. The smallest absolute Gasteiger partial charge is 0.0411 e. The van der Waals surface area contributed by atoms with Gasteiger partial charge >= 0.3 is 0 Å². The SMILES string of the molecule is CC(C)NCc1ccccc1N1CCCC(C)(C)CC1. The molecule has 0 atom stereocenters. The topological polar surface area (TPSA) is 15.3 Å². The molecule has 0 unspecified atom stereocenters. The van der Waals surface area contributed by atoms with Crippen LogP contribution < -0.4 is 10.2 Å². The average molecular weight is 274 g/mol. The zero-order chi connectivity index (χ0) is 14.6. The molecule has 2 nitrogen and oxygen atoms in total. The first-order valence-electron chi connectivity index (χ1n) is 8.04. The quantitative estimate of drug-likeness (QED) is 0.885. The van der Waals surface area contributed by atoms with E-state index in [4.69, 9.17) is 0 Å². The first-order valence-corrected chi connectivity index (χ1v) is 8.04. The molecule has 2 rings (SSSR count). The molecule has 0 saturated carbocycles. The lowest BCUT2D eigenvalue weighted by molar-refractivity contribution is 0.325. The fourth-order valence-electron chi connectivity index (χ4n) is 2.95. The summed E-state index contributed by atoms with van der Waals surface area (Å²) < 4.78 is 0. The van der Waals surface area contributed by atoms with Crippen molar-refractivity contribution in [1.82, 2.24) is 5.32 Å². The van der Waals surface area contributed by atoms with Gasteiger partial charge in [-0.25, -0.2) is 0 Å². The molecule has 20 heavy (non-hydrogen) atoms. The van der Waals surface area contributed by atoms with Crippen LogP contribution >= 0.6 is 0 Å². The fourth-order valence-corrected chi connectivity index (χ4v) is 2.95. The molecule has 1 aliphatic rings. The first kappa shape index (κ1) is 15.4. The molecule has 1 aliphatic heterocycles. The minimum Gasteiger partial charge on any atom is -0.371 e. The van der Waals surface area contributed by atoms with Gasteiger partial charge in [-0.15, -0.1) is 0 Å². The summed E-state index contributed by atoms with van der Waals surface area (Å²) in [6.07, 6.45) is 3.94. The largest absolute Gasteiger partial charge is 0.371 e. The summed E-state index contributed by atoms with van der Waals surface area (Å²) in [5, 5.41) is 3.55. The van der Waals surface area contributed by atoms with Gasteiger partial charge in [0.2, 0.25) is 0 Å². The van der Waals surface area contributed by atoms with E-state index >= 15 is 0 Å². The van der Waals surface area contributed by atoms with E-state index in [0.717, 1.165) is 6.54 Å². The summed E-state index contributed by atoms with van der Waals surface area (Å²) in [4.78, 5) is 2.59. The van der Waals surface area contributed by atoms with Crippen molar-refractivity contribution >= 4 is 5.69 Å². The number of hydrogen-bond donors (Lipinski definition) is 1. The van der Waals surface area contributed by atoms with E-state index < -0.39 is 0 Å². The van der Waals surface area contributed by atoms with Gasteiger partial charge in [0.25, 0.3) is 0 Å². The highest BCUT2D eigenvalue weighted by atomic mass is 15.1. The second kappa shape index (κ2) is 6.62. The van der Waals surface area contributed by atoms with Crippen LogP contribution in [0.3, 0.4) is 0 Å². The van der Waals surface area contributed by atoms with Crippen molar-refractivity contribution in [3.63, 3.8) is 0 Å². The lowest BCUT2D eigenvalue weighted by Crippen LogP contribution is -2.28. The van der Waals surface area contributed by atoms with Crippen molar-refractivity contribution in [2.75, 3.05) is 18.0 Å². The van der Waals surface area contributed by atoms with Crippen LogP contribution in [0.1, 0.15) is 52.5 Å². The van der Waals surface area contributed by atoms with Crippen LogP contribution in [-0.4, -0.2) is 19.1 Å². The number of hydrogen-bond acceptors (Lipinski definition) is 2. The fraction of sp³-hybridized carbons (Fsp3) is 0.667. The Morgan fingerprint density at radius 1 is 1.15 bits per heavy atom. The summed E-state index contributed by atoms with van der Waals surface area (Å²) in [5.74, 6) is 0. The molecule has 0 amide bonds. The van der Waals surface area contributed by atoms with Gasteiger partial charge in [-0.2, -0.15) is 0 Å². The van der Waals surface area contributed by atoms with E-state index in [1.54, 1.807) is 0 Å². The highest BCUT2D eigenvalue weighted by molar-refractivity contribution is 5.53. The molecule has 1 fully saturated rings. The molecule has 1 aromatic rings. The van der Waals surface area contributed by atoms with Crippen molar-refractivity contribution < 1.29 is 0 Å². The van der Waals surface area contributed by atoms with E-state index in [1.807, 2.05) is 0 Å². The van der Waals surface area contributed by atoms with Crippen LogP contribution in [0.15, 0.2) is 24.3 Å². The number of anilines is 1. The predicted molar refractivity (Wildman–Crippen MR) is 88.3 cm³/mol. The van der Waals surface area contributed by atoms with Crippen molar-refractivity contribution in [3.8, 4) is 0 Å². The van der Waals surface area contributed by atoms with Gasteiger partial charge in [0.05, 0.1) is 0 Å². The van der Waals surface area contributed by atoms with E-state index in [0.29, 0.717) is 11.5 Å². The van der Waals surface area contributed by atoms with Gasteiger partial charge in [-0.3, -0.25) is 0 Å². The minimum atomic E-state index is 0.500. The number of rotatable bonds is 4. The Morgan fingerprint density at radius 3 is 2.65 bits per heavy atom. The highest BCUT2D eigenvalue weighted by Gasteiger charge is 2.23. The maximum absolute atomic E-state index is 3.55. The van der Waals surface area contributed by atoms with Crippen LogP contribution in [0.4, 0.5) is 5.69 Å². The second-order valence-electron chi connectivity index (χ2n) is 7.17. The van der Waals surface area contributed by atoms with Gasteiger partial charge in [0.15, 0.2) is 0 Å². The van der Waals surface area contributed by atoms with Crippen molar-refractivity contribution in [2.45, 2.75) is 59.5 Å². The Bertz CT molecular complexity index is 423. The molecule has 0 spiro atoms. The zero-order valence-corrected chi connectivity index (χ0v) is 13.6. The minimum absolute atomic E-state index is 0.500. The third kappa shape index (κ3) is 4.24. The van der Waals surface area contributed by atoms with E-state index in [2.05, 4.69) is 62.2 Å². The number of benzene rings is 1. The second-order valence-corrected chi connectivity index (χ2v) is 7.17. The lowest BCUT2D eigenvalue weighted by Gasteiger charge is -2.27. The van der Waals surface area contributed by atoms with Gasteiger partial charge in [0.1, 0.15) is 0 Å². The zero-order valence-electron chi connectivity index (χ0n) is 13.6. The highest BCUT2D eigenvalue weighted by Crippen LogP contribution is 2.32. The van der Waals surface area contributed by atoms with Gasteiger partial charge < -0.3 is 10.2 Å². The molecule has 1 saturated heterocycles.